The summed E-state index contributed by atoms with van der Waals surface area (Å²) in [5.41, 5.74) is 1.58. The quantitative estimate of drug-likeness (QED) is 0.749. The van der Waals surface area contributed by atoms with Crippen LogP contribution < -0.4 is 15.4 Å². The highest BCUT2D eigenvalue weighted by atomic mass is 35.5. The molecule has 2 aromatic rings. The van der Waals surface area contributed by atoms with Gasteiger partial charge in [-0.2, -0.15) is 0 Å². The summed E-state index contributed by atoms with van der Waals surface area (Å²) in [4.78, 5) is 11.7. The van der Waals surface area contributed by atoms with Gasteiger partial charge in [0.15, 0.2) is 6.61 Å². The molecule has 0 aromatic heterocycles. The van der Waals surface area contributed by atoms with Gasteiger partial charge in [0, 0.05) is 17.1 Å². The number of rotatable bonds is 6. The van der Waals surface area contributed by atoms with Crippen LogP contribution in [-0.2, 0) is 11.3 Å². The van der Waals surface area contributed by atoms with Crippen molar-refractivity contribution in [1.82, 2.24) is 5.32 Å². The predicted molar refractivity (Wildman–Crippen MR) is 104 cm³/mol. The Morgan fingerprint density at radius 3 is 2.40 bits per heavy atom. The van der Waals surface area contributed by atoms with E-state index in [2.05, 4.69) is 10.6 Å². The number of anilines is 1. The Labute approximate surface area is 158 Å². The molecule has 0 radical (unpaired) electrons. The van der Waals surface area contributed by atoms with Gasteiger partial charge in [-0.1, -0.05) is 35.3 Å². The molecular formula is C19H22Cl2N2O2. The van der Waals surface area contributed by atoms with E-state index in [1.165, 1.54) is 0 Å². The fourth-order valence-corrected chi connectivity index (χ4v) is 2.49. The average Bonchev–Trinajstić information content (AvgIpc) is 2.53. The Hall–Kier alpha value is -1.91. The number of nitrogens with one attached hydrogen (secondary N) is 2. The zero-order valence-corrected chi connectivity index (χ0v) is 16.0. The third-order valence-corrected chi connectivity index (χ3v) is 3.78. The molecule has 4 nitrogen and oxygen atoms in total. The van der Waals surface area contributed by atoms with Crippen molar-refractivity contribution < 1.29 is 9.53 Å². The van der Waals surface area contributed by atoms with Gasteiger partial charge < -0.3 is 15.4 Å². The number of carbonyl (C=O) groups excluding carboxylic acids is 1. The molecule has 0 heterocycles. The molecule has 0 unspecified atom stereocenters. The van der Waals surface area contributed by atoms with Crippen LogP contribution in [0.2, 0.25) is 10.0 Å². The molecule has 0 aliphatic rings. The summed E-state index contributed by atoms with van der Waals surface area (Å²) in [5.74, 6) is 0.502. The van der Waals surface area contributed by atoms with Gasteiger partial charge in [-0.25, -0.2) is 0 Å². The fourth-order valence-electron chi connectivity index (χ4n) is 2.14. The summed E-state index contributed by atoms with van der Waals surface area (Å²) >= 11 is 12.1. The van der Waals surface area contributed by atoms with Crippen LogP contribution in [0.4, 0.5) is 5.69 Å². The first-order valence-electron chi connectivity index (χ1n) is 7.94. The van der Waals surface area contributed by atoms with Gasteiger partial charge in [0.25, 0.3) is 5.91 Å². The van der Waals surface area contributed by atoms with Crippen molar-refractivity contribution in [3.63, 3.8) is 0 Å². The molecule has 1 amide bonds. The van der Waals surface area contributed by atoms with Crippen molar-refractivity contribution in [2.45, 2.75) is 32.9 Å². The van der Waals surface area contributed by atoms with Gasteiger partial charge in [0.05, 0.1) is 10.7 Å². The third-order valence-electron chi connectivity index (χ3n) is 3.22. The Morgan fingerprint density at radius 1 is 1.08 bits per heavy atom. The maximum absolute atomic E-state index is 11.7. The summed E-state index contributed by atoms with van der Waals surface area (Å²) in [6, 6.07) is 12.8. The monoisotopic (exact) mass is 380 g/mol. The van der Waals surface area contributed by atoms with E-state index in [0.717, 1.165) is 11.3 Å². The molecular weight excluding hydrogens is 359 g/mol. The topological polar surface area (TPSA) is 50.4 Å². The van der Waals surface area contributed by atoms with Crippen LogP contribution in [-0.4, -0.2) is 18.1 Å². The second-order valence-electron chi connectivity index (χ2n) is 6.71. The minimum atomic E-state index is -0.266. The van der Waals surface area contributed by atoms with Crippen LogP contribution in [0.25, 0.3) is 0 Å². The number of hydrogen-bond acceptors (Lipinski definition) is 3. The standard InChI is InChI=1S/C19H22Cl2N2O2/c1-19(2,3)23-18(24)12-25-15-7-4-13(5-8-15)11-22-17-10-14(20)6-9-16(17)21/h4-10,22H,11-12H2,1-3H3,(H,23,24). The number of amides is 1. The van der Waals surface area contributed by atoms with E-state index >= 15 is 0 Å². The zero-order chi connectivity index (χ0) is 18.4. The van der Waals surface area contributed by atoms with E-state index in [-0.39, 0.29) is 18.1 Å². The van der Waals surface area contributed by atoms with E-state index in [4.69, 9.17) is 27.9 Å². The molecule has 0 aliphatic heterocycles. The molecule has 0 atom stereocenters. The molecule has 0 bridgehead atoms. The SMILES string of the molecule is CC(C)(C)NC(=O)COc1ccc(CNc2cc(Cl)ccc2Cl)cc1. The van der Waals surface area contributed by atoms with Gasteiger partial charge in [-0.3, -0.25) is 4.79 Å². The number of ether oxygens (including phenoxy) is 1. The molecule has 134 valence electrons. The first-order valence-corrected chi connectivity index (χ1v) is 8.70. The number of benzene rings is 2. The first kappa shape index (κ1) is 19.4. The molecule has 2 rings (SSSR count). The fraction of sp³-hybridized carbons (Fsp3) is 0.316. The van der Waals surface area contributed by atoms with Crippen molar-refractivity contribution in [3.05, 3.63) is 58.1 Å². The molecule has 25 heavy (non-hydrogen) atoms. The van der Waals surface area contributed by atoms with Crippen molar-refractivity contribution in [2.75, 3.05) is 11.9 Å². The highest BCUT2D eigenvalue weighted by Gasteiger charge is 2.13. The molecule has 6 heteroatoms. The lowest BCUT2D eigenvalue weighted by atomic mass is 10.1. The van der Waals surface area contributed by atoms with E-state index in [0.29, 0.717) is 22.3 Å². The average molecular weight is 381 g/mol. The molecule has 0 saturated carbocycles. The second kappa shape index (κ2) is 8.45. The predicted octanol–water partition coefficient (Wildman–Crippen LogP) is 4.90. The minimum absolute atomic E-state index is 0.00696. The highest BCUT2D eigenvalue weighted by molar-refractivity contribution is 6.35. The normalized spacial score (nSPS) is 11.1. The minimum Gasteiger partial charge on any atom is -0.484 e. The molecule has 0 saturated heterocycles. The number of carbonyl (C=O) groups is 1. The van der Waals surface area contributed by atoms with Gasteiger partial charge in [-0.15, -0.1) is 0 Å². The first-order chi connectivity index (χ1) is 11.7. The highest BCUT2D eigenvalue weighted by Crippen LogP contribution is 2.26. The van der Waals surface area contributed by atoms with Crippen LogP contribution in [0.5, 0.6) is 5.75 Å². The lowest BCUT2D eigenvalue weighted by molar-refractivity contribution is -0.124. The van der Waals surface area contributed by atoms with Crippen LogP contribution in [0.3, 0.4) is 0 Å². The van der Waals surface area contributed by atoms with E-state index < -0.39 is 0 Å². The number of hydrogen-bond donors (Lipinski definition) is 2. The summed E-state index contributed by atoms with van der Waals surface area (Å²) in [5, 5.41) is 7.34. The van der Waals surface area contributed by atoms with E-state index in [1.807, 2.05) is 45.0 Å². The van der Waals surface area contributed by atoms with Crippen molar-refractivity contribution in [1.29, 1.82) is 0 Å². The lowest BCUT2D eigenvalue weighted by Gasteiger charge is -2.20. The lowest BCUT2D eigenvalue weighted by Crippen LogP contribution is -2.43. The van der Waals surface area contributed by atoms with E-state index in [9.17, 15) is 4.79 Å². The molecule has 0 aliphatic carbocycles. The van der Waals surface area contributed by atoms with Gasteiger partial charge >= 0.3 is 0 Å². The van der Waals surface area contributed by atoms with Crippen LogP contribution in [0.1, 0.15) is 26.3 Å². The summed E-state index contributed by atoms with van der Waals surface area (Å²) < 4.78 is 5.50. The second-order valence-corrected chi connectivity index (χ2v) is 7.55. The van der Waals surface area contributed by atoms with Crippen molar-refractivity contribution in [3.8, 4) is 5.75 Å². The molecule has 2 aromatic carbocycles. The zero-order valence-electron chi connectivity index (χ0n) is 14.5. The number of halogens is 2. The third kappa shape index (κ3) is 6.85. The Balaban J connectivity index is 1.85. The maximum Gasteiger partial charge on any atom is 0.258 e. The van der Waals surface area contributed by atoms with Crippen molar-refractivity contribution >= 4 is 34.8 Å². The van der Waals surface area contributed by atoms with Gasteiger partial charge in [-0.05, 0) is 56.7 Å². The summed E-state index contributed by atoms with van der Waals surface area (Å²) in [7, 11) is 0. The Kier molecular flexibility index (Phi) is 6.57. The maximum atomic E-state index is 11.7. The largest absolute Gasteiger partial charge is 0.484 e. The Bertz CT molecular complexity index is 725. The smallest absolute Gasteiger partial charge is 0.258 e. The van der Waals surface area contributed by atoms with Crippen LogP contribution in [0.15, 0.2) is 42.5 Å². The van der Waals surface area contributed by atoms with Crippen LogP contribution >= 0.6 is 23.2 Å². The summed E-state index contributed by atoms with van der Waals surface area (Å²) in [6.45, 7) is 6.38. The summed E-state index contributed by atoms with van der Waals surface area (Å²) in [6.07, 6.45) is 0. The molecule has 0 spiro atoms. The van der Waals surface area contributed by atoms with E-state index in [1.54, 1.807) is 18.2 Å². The van der Waals surface area contributed by atoms with Crippen LogP contribution in [0, 0.1) is 0 Å². The van der Waals surface area contributed by atoms with Crippen molar-refractivity contribution in [2.24, 2.45) is 0 Å². The van der Waals surface area contributed by atoms with Gasteiger partial charge in [0.2, 0.25) is 0 Å². The molecule has 2 N–H and O–H groups in total. The van der Waals surface area contributed by atoms with Gasteiger partial charge in [0.1, 0.15) is 5.75 Å². The Morgan fingerprint density at radius 2 is 1.76 bits per heavy atom. The molecule has 0 fully saturated rings.